The van der Waals surface area contributed by atoms with Gasteiger partial charge in [-0.05, 0) is 47.7 Å². The quantitative estimate of drug-likeness (QED) is 0.722. The second-order valence-electron chi connectivity index (χ2n) is 6.67. The standard InChI is InChI=1S/C20H16F3NO2/c21-20(22,23)16-7-2-1-4-14(16)18-13-6-3-5-12(13)15-10-11(19(25)26)8-9-17(15)24-18/h1-5,7-10,12-13,18,24H,6H2,(H,25,26)/t12-,13-,18+/m0/s1. The Balaban J connectivity index is 1.81. The molecular formula is C20H16F3NO2. The summed E-state index contributed by atoms with van der Waals surface area (Å²) in [5.41, 5.74) is 1.29. The van der Waals surface area contributed by atoms with E-state index in [0.717, 1.165) is 11.6 Å². The number of carbonyl (C=O) groups is 1. The van der Waals surface area contributed by atoms with E-state index in [1.54, 1.807) is 18.2 Å². The van der Waals surface area contributed by atoms with E-state index in [1.165, 1.54) is 18.2 Å². The molecule has 0 aromatic heterocycles. The van der Waals surface area contributed by atoms with E-state index in [2.05, 4.69) is 5.32 Å². The zero-order chi connectivity index (χ0) is 18.5. The smallest absolute Gasteiger partial charge is 0.416 e. The number of halogens is 3. The summed E-state index contributed by atoms with van der Waals surface area (Å²) in [6.45, 7) is 0. The Hall–Kier alpha value is -2.76. The van der Waals surface area contributed by atoms with Crippen molar-refractivity contribution in [2.45, 2.75) is 24.6 Å². The minimum atomic E-state index is -4.42. The van der Waals surface area contributed by atoms with Gasteiger partial charge in [-0.15, -0.1) is 0 Å². The zero-order valence-electron chi connectivity index (χ0n) is 13.6. The lowest BCUT2D eigenvalue weighted by Crippen LogP contribution is -2.31. The first-order valence-corrected chi connectivity index (χ1v) is 8.33. The Morgan fingerprint density at radius 3 is 2.62 bits per heavy atom. The van der Waals surface area contributed by atoms with Crippen molar-refractivity contribution >= 4 is 11.7 Å². The summed E-state index contributed by atoms with van der Waals surface area (Å²) in [7, 11) is 0. The monoisotopic (exact) mass is 359 g/mol. The Morgan fingerprint density at radius 1 is 1.12 bits per heavy atom. The molecule has 26 heavy (non-hydrogen) atoms. The van der Waals surface area contributed by atoms with E-state index in [1.807, 2.05) is 12.2 Å². The van der Waals surface area contributed by atoms with Gasteiger partial charge in [0.1, 0.15) is 0 Å². The molecule has 1 heterocycles. The third-order valence-electron chi connectivity index (χ3n) is 5.21. The van der Waals surface area contributed by atoms with Crippen molar-refractivity contribution < 1.29 is 23.1 Å². The molecule has 0 amide bonds. The summed E-state index contributed by atoms with van der Waals surface area (Å²) in [6, 6.07) is 9.88. The van der Waals surface area contributed by atoms with Gasteiger partial charge in [0.2, 0.25) is 0 Å². The van der Waals surface area contributed by atoms with E-state index in [4.69, 9.17) is 0 Å². The van der Waals surface area contributed by atoms with Crippen LogP contribution in [0.2, 0.25) is 0 Å². The van der Waals surface area contributed by atoms with Crippen LogP contribution in [0, 0.1) is 5.92 Å². The van der Waals surface area contributed by atoms with Gasteiger partial charge in [-0.25, -0.2) is 4.79 Å². The predicted octanol–water partition coefficient (Wildman–Crippen LogP) is 5.23. The highest BCUT2D eigenvalue weighted by Gasteiger charge is 2.42. The molecule has 0 saturated heterocycles. The number of fused-ring (bicyclic) bond motifs is 3. The highest BCUT2D eigenvalue weighted by Crippen LogP contribution is 2.51. The molecule has 0 spiro atoms. The number of carboxylic acids is 1. The highest BCUT2D eigenvalue weighted by atomic mass is 19.4. The van der Waals surface area contributed by atoms with Crippen LogP contribution in [0.4, 0.5) is 18.9 Å². The Bertz CT molecular complexity index is 904. The number of nitrogens with one attached hydrogen (secondary N) is 1. The van der Waals surface area contributed by atoms with Gasteiger partial charge in [-0.2, -0.15) is 13.2 Å². The van der Waals surface area contributed by atoms with Crippen LogP contribution in [0.5, 0.6) is 0 Å². The van der Waals surface area contributed by atoms with Crippen molar-refractivity contribution in [2.24, 2.45) is 5.92 Å². The van der Waals surface area contributed by atoms with Crippen LogP contribution in [-0.2, 0) is 6.18 Å². The third-order valence-corrected chi connectivity index (χ3v) is 5.21. The maximum atomic E-state index is 13.5. The number of anilines is 1. The van der Waals surface area contributed by atoms with Crippen molar-refractivity contribution in [1.82, 2.24) is 0 Å². The molecule has 2 aliphatic rings. The second-order valence-corrected chi connectivity index (χ2v) is 6.67. The lowest BCUT2D eigenvalue weighted by Gasteiger charge is -2.38. The molecule has 134 valence electrons. The van der Waals surface area contributed by atoms with E-state index in [0.29, 0.717) is 12.1 Å². The summed E-state index contributed by atoms with van der Waals surface area (Å²) in [4.78, 5) is 11.3. The summed E-state index contributed by atoms with van der Waals surface area (Å²) in [6.07, 6.45) is 0.153. The van der Waals surface area contributed by atoms with E-state index in [-0.39, 0.29) is 23.0 Å². The average molecular weight is 359 g/mol. The molecule has 6 heteroatoms. The lowest BCUT2D eigenvalue weighted by atomic mass is 9.75. The number of alkyl halides is 3. The molecule has 2 aromatic carbocycles. The van der Waals surface area contributed by atoms with Gasteiger partial charge in [0.05, 0.1) is 17.2 Å². The number of aromatic carboxylic acids is 1. The summed E-state index contributed by atoms with van der Waals surface area (Å²) in [5.74, 6) is -1.21. The van der Waals surface area contributed by atoms with Crippen molar-refractivity contribution in [3.8, 4) is 0 Å². The van der Waals surface area contributed by atoms with Crippen LogP contribution in [0.1, 0.15) is 45.4 Å². The number of rotatable bonds is 2. The fraction of sp³-hybridized carbons (Fsp3) is 0.250. The summed E-state index contributed by atoms with van der Waals surface area (Å²) >= 11 is 0. The second kappa shape index (κ2) is 5.90. The highest BCUT2D eigenvalue weighted by molar-refractivity contribution is 5.89. The molecule has 1 aliphatic carbocycles. The van der Waals surface area contributed by atoms with Crippen LogP contribution < -0.4 is 5.32 Å². The van der Waals surface area contributed by atoms with Gasteiger partial charge in [0.25, 0.3) is 0 Å². The molecule has 3 atom stereocenters. The maximum Gasteiger partial charge on any atom is 0.416 e. The van der Waals surface area contributed by atoms with Gasteiger partial charge in [0, 0.05) is 11.6 Å². The van der Waals surface area contributed by atoms with Crippen molar-refractivity contribution in [1.29, 1.82) is 0 Å². The summed E-state index contributed by atoms with van der Waals surface area (Å²) < 4.78 is 40.4. The Labute approximate surface area is 148 Å². The van der Waals surface area contributed by atoms with E-state index < -0.39 is 23.8 Å². The molecule has 0 unspecified atom stereocenters. The van der Waals surface area contributed by atoms with Crippen molar-refractivity contribution in [2.75, 3.05) is 5.32 Å². The fourth-order valence-corrected chi connectivity index (χ4v) is 4.06. The van der Waals surface area contributed by atoms with Crippen LogP contribution >= 0.6 is 0 Å². The van der Waals surface area contributed by atoms with Gasteiger partial charge in [-0.3, -0.25) is 0 Å². The molecule has 2 N–H and O–H groups in total. The topological polar surface area (TPSA) is 49.3 Å². The maximum absolute atomic E-state index is 13.5. The largest absolute Gasteiger partial charge is 0.478 e. The summed E-state index contributed by atoms with van der Waals surface area (Å²) in [5, 5.41) is 12.4. The van der Waals surface area contributed by atoms with E-state index in [9.17, 15) is 23.1 Å². The van der Waals surface area contributed by atoms with Crippen LogP contribution in [0.25, 0.3) is 0 Å². The molecule has 3 nitrogen and oxygen atoms in total. The Kier molecular flexibility index (Phi) is 3.79. The predicted molar refractivity (Wildman–Crippen MR) is 91.2 cm³/mol. The van der Waals surface area contributed by atoms with Crippen molar-refractivity contribution in [3.63, 3.8) is 0 Å². The fourth-order valence-electron chi connectivity index (χ4n) is 4.06. The van der Waals surface area contributed by atoms with E-state index >= 15 is 0 Å². The van der Waals surface area contributed by atoms with Gasteiger partial charge < -0.3 is 10.4 Å². The first-order chi connectivity index (χ1) is 12.4. The molecule has 0 saturated carbocycles. The first-order valence-electron chi connectivity index (χ1n) is 8.33. The average Bonchev–Trinajstić information content (AvgIpc) is 3.10. The third kappa shape index (κ3) is 2.66. The minimum Gasteiger partial charge on any atom is -0.478 e. The molecule has 0 fully saturated rings. The number of carboxylic acid groups (broad SMARTS) is 1. The molecule has 1 aliphatic heterocycles. The number of hydrogen-bond donors (Lipinski definition) is 2. The molecule has 0 radical (unpaired) electrons. The molecule has 0 bridgehead atoms. The van der Waals surface area contributed by atoms with Gasteiger partial charge in [-0.1, -0.05) is 30.4 Å². The Morgan fingerprint density at radius 2 is 1.88 bits per heavy atom. The normalized spacial score (nSPS) is 23.9. The van der Waals surface area contributed by atoms with Crippen LogP contribution in [0.15, 0.2) is 54.6 Å². The number of benzene rings is 2. The number of hydrogen-bond acceptors (Lipinski definition) is 2. The minimum absolute atomic E-state index is 0.0879. The van der Waals surface area contributed by atoms with Gasteiger partial charge >= 0.3 is 12.1 Å². The van der Waals surface area contributed by atoms with Crippen LogP contribution in [0.3, 0.4) is 0 Å². The molecular weight excluding hydrogens is 343 g/mol. The zero-order valence-corrected chi connectivity index (χ0v) is 13.6. The molecule has 2 aromatic rings. The van der Waals surface area contributed by atoms with Crippen LogP contribution in [-0.4, -0.2) is 11.1 Å². The molecule has 4 rings (SSSR count). The lowest BCUT2D eigenvalue weighted by molar-refractivity contribution is -0.138. The first kappa shape index (κ1) is 16.7. The van der Waals surface area contributed by atoms with Gasteiger partial charge in [0.15, 0.2) is 0 Å². The number of allylic oxidation sites excluding steroid dienone is 2. The SMILES string of the molecule is O=C(O)c1ccc2c(c1)[C@H]1C=CC[C@@H]1[C@H](c1ccccc1C(F)(F)F)N2. The van der Waals surface area contributed by atoms with Crippen molar-refractivity contribution in [3.05, 3.63) is 76.9 Å².